The topological polar surface area (TPSA) is 85.1 Å². The van der Waals surface area contributed by atoms with Crippen LogP contribution in [0.5, 0.6) is 0 Å². The number of aromatic nitrogens is 1. The lowest BCUT2D eigenvalue weighted by Crippen LogP contribution is -2.31. The average Bonchev–Trinajstić information content (AvgIpc) is 2.86. The molecule has 104 valence electrons. The fourth-order valence-electron chi connectivity index (χ4n) is 2.38. The van der Waals surface area contributed by atoms with Crippen LogP contribution in [0.4, 0.5) is 0 Å². The van der Waals surface area contributed by atoms with E-state index in [9.17, 15) is 9.59 Å². The monoisotopic (exact) mass is 281 g/mol. The number of hydrogen-bond acceptors (Lipinski definition) is 4. The summed E-state index contributed by atoms with van der Waals surface area (Å²) in [5.74, 6) is 0.0417. The molecule has 5 nitrogen and oxygen atoms in total. The van der Waals surface area contributed by atoms with Crippen molar-refractivity contribution in [1.29, 1.82) is 0 Å². The minimum Gasteiger partial charge on any atom is -0.364 e. The lowest BCUT2D eigenvalue weighted by molar-refractivity contribution is -0.120. The Kier molecular flexibility index (Phi) is 4.90. The van der Waals surface area contributed by atoms with Gasteiger partial charge < -0.3 is 11.1 Å². The molecule has 1 fully saturated rings. The van der Waals surface area contributed by atoms with Gasteiger partial charge >= 0.3 is 0 Å². The maximum atomic E-state index is 11.8. The summed E-state index contributed by atoms with van der Waals surface area (Å²) in [7, 11) is 0. The minimum absolute atomic E-state index is 0.0353. The largest absolute Gasteiger partial charge is 0.364 e. The molecule has 1 saturated carbocycles. The molecular formula is C13H19N3O2S. The Labute approximate surface area is 116 Å². The number of rotatable bonds is 5. The van der Waals surface area contributed by atoms with Crippen molar-refractivity contribution in [1.82, 2.24) is 10.3 Å². The van der Waals surface area contributed by atoms with Crippen LogP contribution in [0, 0.1) is 5.92 Å². The molecule has 1 aromatic rings. The first-order chi connectivity index (χ1) is 9.15. The van der Waals surface area contributed by atoms with E-state index in [-0.39, 0.29) is 17.3 Å². The Morgan fingerprint density at radius 2 is 2.11 bits per heavy atom. The summed E-state index contributed by atoms with van der Waals surface area (Å²) < 4.78 is 0. The van der Waals surface area contributed by atoms with E-state index in [1.54, 1.807) is 5.38 Å². The fourth-order valence-corrected chi connectivity index (χ4v) is 3.05. The zero-order chi connectivity index (χ0) is 13.7. The maximum absolute atomic E-state index is 11.8. The third-order valence-corrected chi connectivity index (χ3v) is 4.32. The Morgan fingerprint density at radius 3 is 2.74 bits per heavy atom. The van der Waals surface area contributed by atoms with Crippen molar-refractivity contribution in [3.05, 3.63) is 16.1 Å². The number of primary amides is 1. The normalized spacial score (nSPS) is 16.2. The van der Waals surface area contributed by atoms with Crippen molar-refractivity contribution < 1.29 is 9.59 Å². The summed E-state index contributed by atoms with van der Waals surface area (Å²) in [4.78, 5) is 26.7. The van der Waals surface area contributed by atoms with Gasteiger partial charge in [-0.05, 0) is 18.8 Å². The SMILES string of the molecule is NC(=O)c1nc(CC(=O)NCC2CCCCC2)cs1. The predicted octanol–water partition coefficient (Wildman–Crippen LogP) is 1.48. The molecule has 2 amide bonds. The van der Waals surface area contributed by atoms with Gasteiger partial charge in [0.15, 0.2) is 5.01 Å². The molecular weight excluding hydrogens is 262 g/mol. The van der Waals surface area contributed by atoms with Crippen LogP contribution in [0.3, 0.4) is 0 Å². The lowest BCUT2D eigenvalue weighted by atomic mass is 9.89. The first kappa shape index (κ1) is 14.0. The van der Waals surface area contributed by atoms with Gasteiger partial charge in [-0.3, -0.25) is 9.59 Å². The van der Waals surface area contributed by atoms with Gasteiger partial charge in [-0.25, -0.2) is 4.98 Å². The molecule has 3 N–H and O–H groups in total. The molecule has 0 bridgehead atoms. The molecule has 2 rings (SSSR count). The van der Waals surface area contributed by atoms with Crippen molar-refractivity contribution in [3.63, 3.8) is 0 Å². The standard InChI is InChI=1S/C13H19N3O2S/c14-12(18)13-16-10(8-19-13)6-11(17)15-7-9-4-2-1-3-5-9/h8-9H,1-7H2,(H2,14,18)(H,15,17). The number of thiazole rings is 1. The Morgan fingerprint density at radius 1 is 1.37 bits per heavy atom. The highest BCUT2D eigenvalue weighted by Gasteiger charge is 2.15. The zero-order valence-electron chi connectivity index (χ0n) is 10.9. The molecule has 1 aliphatic carbocycles. The first-order valence-electron chi connectivity index (χ1n) is 6.66. The number of carbonyl (C=O) groups is 2. The molecule has 1 aliphatic rings. The maximum Gasteiger partial charge on any atom is 0.277 e. The van der Waals surface area contributed by atoms with Crippen LogP contribution >= 0.6 is 11.3 Å². The predicted molar refractivity (Wildman–Crippen MR) is 73.9 cm³/mol. The van der Waals surface area contributed by atoms with E-state index in [1.807, 2.05) is 0 Å². The molecule has 0 unspecified atom stereocenters. The number of nitrogens with zero attached hydrogens (tertiary/aromatic N) is 1. The number of carbonyl (C=O) groups excluding carboxylic acids is 2. The van der Waals surface area contributed by atoms with Gasteiger partial charge in [-0.1, -0.05) is 19.3 Å². The molecule has 19 heavy (non-hydrogen) atoms. The summed E-state index contributed by atoms with van der Waals surface area (Å²) in [5, 5.41) is 4.92. The summed E-state index contributed by atoms with van der Waals surface area (Å²) in [6.07, 6.45) is 6.50. The van der Waals surface area contributed by atoms with Gasteiger partial charge in [-0.15, -0.1) is 11.3 Å². The second-order valence-corrected chi connectivity index (χ2v) is 5.85. The van der Waals surface area contributed by atoms with Gasteiger partial charge in [0, 0.05) is 11.9 Å². The summed E-state index contributed by atoms with van der Waals surface area (Å²) in [6, 6.07) is 0. The van der Waals surface area contributed by atoms with Gasteiger partial charge in [0.25, 0.3) is 5.91 Å². The molecule has 6 heteroatoms. The fraction of sp³-hybridized carbons (Fsp3) is 0.615. The summed E-state index contributed by atoms with van der Waals surface area (Å²) in [6.45, 7) is 0.756. The minimum atomic E-state index is -0.543. The molecule has 0 aliphatic heterocycles. The zero-order valence-corrected chi connectivity index (χ0v) is 11.7. The third-order valence-electron chi connectivity index (χ3n) is 3.42. The van der Waals surface area contributed by atoms with E-state index >= 15 is 0 Å². The molecule has 0 aromatic carbocycles. The number of nitrogens with two attached hydrogens (primary N) is 1. The molecule has 0 spiro atoms. The first-order valence-corrected chi connectivity index (χ1v) is 7.54. The van der Waals surface area contributed by atoms with Crippen LogP contribution in [0.15, 0.2) is 5.38 Å². The number of nitrogens with one attached hydrogen (secondary N) is 1. The number of amides is 2. The van der Waals surface area contributed by atoms with Crippen LogP contribution in [0.1, 0.15) is 47.6 Å². The van der Waals surface area contributed by atoms with Gasteiger partial charge in [0.2, 0.25) is 5.91 Å². The van der Waals surface area contributed by atoms with Crippen LogP contribution in [0.2, 0.25) is 0 Å². The van der Waals surface area contributed by atoms with E-state index < -0.39 is 5.91 Å². The Hall–Kier alpha value is -1.43. The van der Waals surface area contributed by atoms with E-state index in [2.05, 4.69) is 10.3 Å². The van der Waals surface area contributed by atoms with Gasteiger partial charge in [0.05, 0.1) is 12.1 Å². The second kappa shape index (κ2) is 6.65. The van der Waals surface area contributed by atoms with E-state index in [0.717, 1.165) is 6.54 Å². The smallest absolute Gasteiger partial charge is 0.277 e. The van der Waals surface area contributed by atoms with E-state index in [4.69, 9.17) is 5.73 Å². The quantitative estimate of drug-likeness (QED) is 0.857. The van der Waals surface area contributed by atoms with Crippen molar-refractivity contribution in [3.8, 4) is 0 Å². The average molecular weight is 281 g/mol. The van der Waals surface area contributed by atoms with Crippen molar-refractivity contribution in [2.45, 2.75) is 38.5 Å². The van der Waals surface area contributed by atoms with Crippen LogP contribution in [0.25, 0.3) is 0 Å². The highest BCUT2D eigenvalue weighted by Crippen LogP contribution is 2.22. The highest BCUT2D eigenvalue weighted by molar-refractivity contribution is 7.11. The van der Waals surface area contributed by atoms with Crippen molar-refractivity contribution >= 4 is 23.2 Å². The molecule has 0 radical (unpaired) electrons. The summed E-state index contributed by atoms with van der Waals surface area (Å²) >= 11 is 1.18. The van der Waals surface area contributed by atoms with Crippen LogP contribution in [-0.2, 0) is 11.2 Å². The van der Waals surface area contributed by atoms with Crippen LogP contribution in [-0.4, -0.2) is 23.3 Å². The second-order valence-electron chi connectivity index (χ2n) is 4.99. The molecule has 0 atom stereocenters. The van der Waals surface area contributed by atoms with Crippen LogP contribution < -0.4 is 11.1 Å². The lowest BCUT2D eigenvalue weighted by Gasteiger charge is -2.21. The molecule has 0 saturated heterocycles. The number of hydrogen-bond donors (Lipinski definition) is 2. The van der Waals surface area contributed by atoms with Crippen molar-refractivity contribution in [2.75, 3.05) is 6.54 Å². The van der Waals surface area contributed by atoms with Crippen molar-refractivity contribution in [2.24, 2.45) is 11.7 Å². The van der Waals surface area contributed by atoms with Gasteiger partial charge in [-0.2, -0.15) is 0 Å². The van der Waals surface area contributed by atoms with Gasteiger partial charge in [0.1, 0.15) is 0 Å². The Balaban J connectivity index is 1.75. The highest BCUT2D eigenvalue weighted by atomic mass is 32.1. The Bertz CT molecular complexity index is 452. The van der Waals surface area contributed by atoms with E-state index in [0.29, 0.717) is 11.6 Å². The molecule has 1 aromatic heterocycles. The molecule has 1 heterocycles. The van der Waals surface area contributed by atoms with E-state index in [1.165, 1.54) is 43.4 Å². The summed E-state index contributed by atoms with van der Waals surface area (Å²) in [5.41, 5.74) is 5.73. The third kappa shape index (κ3) is 4.31.